The summed E-state index contributed by atoms with van der Waals surface area (Å²) in [6.07, 6.45) is 0. The molecule has 0 spiro atoms. The molecule has 0 bridgehead atoms. The van der Waals surface area contributed by atoms with Crippen LogP contribution < -0.4 is 0 Å². The van der Waals surface area contributed by atoms with Gasteiger partial charge in [0.25, 0.3) is 0 Å². The highest BCUT2D eigenvalue weighted by molar-refractivity contribution is 7.99. The highest BCUT2D eigenvalue weighted by Gasteiger charge is 2.14. The van der Waals surface area contributed by atoms with Crippen molar-refractivity contribution in [3.63, 3.8) is 0 Å². The van der Waals surface area contributed by atoms with E-state index in [1.54, 1.807) is 11.8 Å². The van der Waals surface area contributed by atoms with Gasteiger partial charge in [-0.15, -0.1) is 0 Å². The normalized spacial score (nSPS) is 11.2. The van der Waals surface area contributed by atoms with Crippen LogP contribution >= 0.6 is 23.4 Å². The number of hydrogen-bond donors (Lipinski definition) is 0. The van der Waals surface area contributed by atoms with Gasteiger partial charge >= 0.3 is 0 Å². The molecule has 3 aromatic rings. The van der Waals surface area contributed by atoms with Crippen molar-refractivity contribution in [2.24, 2.45) is 0 Å². The van der Waals surface area contributed by atoms with Gasteiger partial charge in [0.15, 0.2) is 0 Å². The molecule has 3 heteroatoms. The molecule has 0 N–H and O–H groups in total. The number of fused-ring (bicyclic) bond motifs is 1. The van der Waals surface area contributed by atoms with E-state index in [4.69, 9.17) is 16.0 Å². The molecule has 1 aromatic heterocycles. The van der Waals surface area contributed by atoms with E-state index >= 15 is 0 Å². The van der Waals surface area contributed by atoms with Crippen LogP contribution in [0.4, 0.5) is 0 Å². The Morgan fingerprint density at radius 3 is 2.40 bits per heavy atom. The maximum atomic E-state index is 5.93. The second-order valence-electron chi connectivity index (χ2n) is 5.00. The van der Waals surface area contributed by atoms with Crippen LogP contribution in [0.2, 0.25) is 5.02 Å². The first-order chi connectivity index (χ1) is 9.54. The van der Waals surface area contributed by atoms with Crippen molar-refractivity contribution in [2.75, 3.05) is 0 Å². The molecule has 0 amide bonds. The molecule has 3 rings (SSSR count). The van der Waals surface area contributed by atoms with Crippen molar-refractivity contribution in [3.8, 4) is 0 Å². The summed E-state index contributed by atoms with van der Waals surface area (Å²) in [6.45, 7) is 6.23. The Balaban J connectivity index is 2.11. The monoisotopic (exact) mass is 302 g/mol. The summed E-state index contributed by atoms with van der Waals surface area (Å²) >= 11 is 7.66. The lowest BCUT2D eigenvalue weighted by atomic mass is 10.1. The average molecular weight is 303 g/mol. The zero-order valence-electron chi connectivity index (χ0n) is 11.7. The van der Waals surface area contributed by atoms with E-state index in [9.17, 15) is 0 Å². The minimum atomic E-state index is 0.759. The Labute approximate surface area is 127 Å². The second-order valence-corrected chi connectivity index (χ2v) is 6.52. The summed E-state index contributed by atoms with van der Waals surface area (Å²) < 4.78 is 5.93. The van der Waals surface area contributed by atoms with E-state index in [2.05, 4.69) is 26.0 Å². The molecule has 0 aliphatic carbocycles. The molecule has 0 aliphatic heterocycles. The van der Waals surface area contributed by atoms with Gasteiger partial charge in [-0.05, 0) is 62.2 Å². The predicted molar refractivity (Wildman–Crippen MR) is 86.0 cm³/mol. The highest BCUT2D eigenvalue weighted by atomic mass is 35.5. The molecule has 1 heterocycles. The van der Waals surface area contributed by atoms with Crippen LogP contribution in [0.25, 0.3) is 11.0 Å². The smallest absolute Gasteiger partial charge is 0.138 e. The van der Waals surface area contributed by atoms with Gasteiger partial charge < -0.3 is 4.42 Å². The summed E-state index contributed by atoms with van der Waals surface area (Å²) in [7, 11) is 0. The topological polar surface area (TPSA) is 13.1 Å². The Morgan fingerprint density at radius 1 is 1.00 bits per heavy atom. The van der Waals surface area contributed by atoms with E-state index in [1.165, 1.54) is 26.3 Å². The summed E-state index contributed by atoms with van der Waals surface area (Å²) in [5, 5.41) is 1.95. The van der Waals surface area contributed by atoms with Gasteiger partial charge in [0.2, 0.25) is 0 Å². The quantitative estimate of drug-likeness (QED) is 0.562. The van der Waals surface area contributed by atoms with E-state index in [0.29, 0.717) is 0 Å². The van der Waals surface area contributed by atoms with E-state index in [0.717, 1.165) is 16.4 Å². The molecular formula is C17H15ClOS. The van der Waals surface area contributed by atoms with Crippen LogP contribution in [0.15, 0.2) is 50.6 Å². The second kappa shape index (κ2) is 5.19. The molecule has 0 fully saturated rings. The van der Waals surface area contributed by atoms with Gasteiger partial charge in [0.1, 0.15) is 11.3 Å². The van der Waals surface area contributed by atoms with E-state index in [-0.39, 0.29) is 0 Å². The fourth-order valence-electron chi connectivity index (χ4n) is 2.39. The Kier molecular flexibility index (Phi) is 3.53. The van der Waals surface area contributed by atoms with Gasteiger partial charge in [0, 0.05) is 15.3 Å². The lowest BCUT2D eigenvalue weighted by Crippen LogP contribution is -1.79. The maximum Gasteiger partial charge on any atom is 0.138 e. The minimum absolute atomic E-state index is 0.759. The van der Waals surface area contributed by atoms with Crippen molar-refractivity contribution in [3.05, 3.63) is 58.3 Å². The van der Waals surface area contributed by atoms with Gasteiger partial charge in [0.05, 0.1) is 4.90 Å². The Hall–Kier alpha value is -1.38. The van der Waals surface area contributed by atoms with E-state index < -0.39 is 0 Å². The molecule has 0 saturated heterocycles. The van der Waals surface area contributed by atoms with Gasteiger partial charge in [-0.1, -0.05) is 29.4 Å². The maximum absolute atomic E-state index is 5.93. The number of aryl methyl sites for hydroxylation is 3. The molecule has 2 aromatic carbocycles. The van der Waals surface area contributed by atoms with Crippen LogP contribution in [0.3, 0.4) is 0 Å². The van der Waals surface area contributed by atoms with Gasteiger partial charge in [-0.2, -0.15) is 0 Å². The fourth-order valence-corrected chi connectivity index (χ4v) is 3.48. The van der Waals surface area contributed by atoms with Crippen molar-refractivity contribution >= 4 is 34.3 Å². The zero-order chi connectivity index (χ0) is 14.3. The predicted octanol–water partition coefficient (Wildman–Crippen LogP) is 6.16. The average Bonchev–Trinajstić information content (AvgIpc) is 2.70. The van der Waals surface area contributed by atoms with E-state index in [1.807, 2.05) is 31.2 Å². The van der Waals surface area contributed by atoms with Gasteiger partial charge in [-0.25, -0.2) is 0 Å². The molecule has 102 valence electrons. The molecule has 0 unspecified atom stereocenters. The first-order valence-corrected chi connectivity index (χ1v) is 7.68. The van der Waals surface area contributed by atoms with Crippen molar-refractivity contribution in [2.45, 2.75) is 30.6 Å². The minimum Gasteiger partial charge on any atom is -0.460 e. The first kappa shape index (κ1) is 13.6. The summed E-state index contributed by atoms with van der Waals surface area (Å²) in [4.78, 5) is 2.36. The molecule has 20 heavy (non-hydrogen) atoms. The van der Waals surface area contributed by atoms with Crippen LogP contribution in [0.5, 0.6) is 0 Å². The third-order valence-electron chi connectivity index (χ3n) is 3.27. The largest absolute Gasteiger partial charge is 0.460 e. The molecule has 0 saturated carbocycles. The third kappa shape index (κ3) is 2.46. The van der Waals surface area contributed by atoms with Crippen molar-refractivity contribution in [1.82, 2.24) is 0 Å². The number of furan rings is 1. The third-order valence-corrected chi connectivity index (χ3v) is 4.74. The molecule has 0 atom stereocenters. The number of halogens is 1. The first-order valence-electron chi connectivity index (χ1n) is 6.48. The molecular weight excluding hydrogens is 288 g/mol. The highest BCUT2D eigenvalue weighted by Crippen LogP contribution is 2.39. The standard InChI is InChI=1S/C17H15ClOS/c1-10-8-11(2)16-15(9-10)17(12(3)19-16)20-14-6-4-13(18)5-7-14/h4-9H,1-3H3. The SMILES string of the molecule is Cc1cc(C)c2oc(C)c(Sc3ccc(Cl)cc3)c2c1. The van der Waals surface area contributed by atoms with Crippen molar-refractivity contribution in [1.29, 1.82) is 0 Å². The lowest BCUT2D eigenvalue weighted by molar-refractivity contribution is 0.566. The summed E-state index contributed by atoms with van der Waals surface area (Å²) in [6, 6.07) is 12.2. The van der Waals surface area contributed by atoms with Crippen LogP contribution in [-0.2, 0) is 0 Å². The van der Waals surface area contributed by atoms with Crippen LogP contribution in [0.1, 0.15) is 16.9 Å². The lowest BCUT2D eigenvalue weighted by Gasteiger charge is -2.02. The molecule has 0 aliphatic rings. The fraction of sp³-hybridized carbons (Fsp3) is 0.176. The Morgan fingerprint density at radius 2 is 1.70 bits per heavy atom. The van der Waals surface area contributed by atoms with Crippen LogP contribution in [0, 0.1) is 20.8 Å². The molecule has 0 radical (unpaired) electrons. The summed E-state index contributed by atoms with van der Waals surface area (Å²) in [5.41, 5.74) is 3.43. The number of rotatable bonds is 2. The number of hydrogen-bond acceptors (Lipinski definition) is 2. The van der Waals surface area contributed by atoms with Crippen molar-refractivity contribution < 1.29 is 4.42 Å². The summed E-state index contributed by atoms with van der Waals surface area (Å²) in [5.74, 6) is 0.966. The Bertz CT molecular complexity index is 772. The zero-order valence-corrected chi connectivity index (χ0v) is 13.2. The van der Waals surface area contributed by atoms with Gasteiger partial charge in [-0.3, -0.25) is 0 Å². The molecule has 1 nitrogen and oxygen atoms in total. The number of benzene rings is 2. The van der Waals surface area contributed by atoms with Crippen LogP contribution in [-0.4, -0.2) is 0 Å².